The molecule has 84 valence electrons. The van der Waals surface area contributed by atoms with Gasteiger partial charge in [-0.05, 0) is 42.6 Å². The minimum atomic E-state index is -0.337. The third kappa shape index (κ3) is 1.32. The highest BCUT2D eigenvalue weighted by Gasteiger charge is 2.27. The van der Waals surface area contributed by atoms with Crippen molar-refractivity contribution in [3.63, 3.8) is 0 Å². The molecule has 0 fully saturated rings. The fraction of sp³-hybridized carbons (Fsp3) is 0.143. The minimum Gasteiger partial charge on any atom is -0.410 e. The number of benzene rings is 2. The van der Waals surface area contributed by atoms with Crippen molar-refractivity contribution in [1.82, 2.24) is 0 Å². The van der Waals surface area contributed by atoms with E-state index in [4.69, 9.17) is 17.0 Å². The van der Waals surface area contributed by atoms with E-state index in [0.717, 1.165) is 27.5 Å². The second-order valence-electron chi connectivity index (χ2n) is 4.29. The number of hydrogen-bond donors (Lipinski definition) is 0. The number of rotatable bonds is 0. The maximum Gasteiger partial charge on any atom is 0.345 e. The molecule has 0 spiro atoms. The first-order valence-electron chi connectivity index (χ1n) is 5.39. The Hall–Kier alpha value is -1.74. The van der Waals surface area contributed by atoms with Crippen LogP contribution in [0.3, 0.4) is 0 Å². The van der Waals surface area contributed by atoms with E-state index in [2.05, 4.69) is 0 Å². The molecule has 3 rings (SSSR count). The standard InChI is InChI=1S/C14H10O2S/c1-7-3-5-9-6-4-8(2)11-12(9)10(7)13(15)16-14(11)17/h3-6H,1-2H3. The molecule has 0 N–H and O–H groups in total. The lowest BCUT2D eigenvalue weighted by Crippen LogP contribution is -2.20. The quantitative estimate of drug-likeness (QED) is 0.523. The third-order valence-corrected chi connectivity index (χ3v) is 3.48. The monoisotopic (exact) mass is 242 g/mol. The van der Waals surface area contributed by atoms with Crippen molar-refractivity contribution < 1.29 is 9.53 Å². The van der Waals surface area contributed by atoms with Crippen LogP contribution in [0.5, 0.6) is 0 Å². The van der Waals surface area contributed by atoms with Crippen LogP contribution in [0.15, 0.2) is 24.3 Å². The molecule has 0 saturated carbocycles. The Bertz CT molecular complexity index is 631. The van der Waals surface area contributed by atoms with Crippen molar-refractivity contribution in [3.05, 3.63) is 46.5 Å². The molecule has 3 heteroatoms. The largest absolute Gasteiger partial charge is 0.410 e. The zero-order valence-electron chi connectivity index (χ0n) is 9.53. The second kappa shape index (κ2) is 3.37. The molecule has 0 aliphatic carbocycles. The molecule has 0 bridgehead atoms. The Kier molecular flexibility index (Phi) is 2.07. The summed E-state index contributed by atoms with van der Waals surface area (Å²) in [6, 6.07) is 7.96. The fourth-order valence-corrected chi connectivity index (χ4v) is 2.68. The average molecular weight is 242 g/mol. The lowest BCUT2D eigenvalue weighted by atomic mass is 9.92. The van der Waals surface area contributed by atoms with Crippen molar-refractivity contribution in [2.75, 3.05) is 0 Å². The number of carbonyl (C=O) groups excluding carboxylic acids is 1. The predicted molar refractivity (Wildman–Crippen MR) is 70.5 cm³/mol. The summed E-state index contributed by atoms with van der Waals surface area (Å²) in [7, 11) is 0. The summed E-state index contributed by atoms with van der Waals surface area (Å²) >= 11 is 5.16. The Morgan fingerprint density at radius 1 is 1.00 bits per heavy atom. The molecule has 1 heterocycles. The van der Waals surface area contributed by atoms with Gasteiger partial charge in [0.15, 0.2) is 0 Å². The molecular weight excluding hydrogens is 232 g/mol. The molecule has 0 radical (unpaired) electrons. The van der Waals surface area contributed by atoms with E-state index in [1.165, 1.54) is 0 Å². The number of carbonyl (C=O) groups is 1. The fourth-order valence-electron chi connectivity index (χ4n) is 2.34. The number of ether oxygens (including phenoxy) is 1. The second-order valence-corrected chi connectivity index (χ2v) is 4.66. The van der Waals surface area contributed by atoms with Gasteiger partial charge in [0.2, 0.25) is 5.05 Å². The zero-order valence-corrected chi connectivity index (χ0v) is 10.4. The molecule has 0 saturated heterocycles. The predicted octanol–water partition coefficient (Wildman–Crippen LogP) is 3.30. The topological polar surface area (TPSA) is 26.3 Å². The third-order valence-electron chi connectivity index (χ3n) is 3.20. The first-order valence-corrected chi connectivity index (χ1v) is 5.80. The van der Waals surface area contributed by atoms with Crippen molar-refractivity contribution >= 4 is 34.0 Å². The van der Waals surface area contributed by atoms with Gasteiger partial charge >= 0.3 is 5.97 Å². The Morgan fingerprint density at radius 2 is 1.59 bits per heavy atom. The summed E-state index contributed by atoms with van der Waals surface area (Å²) < 4.78 is 5.16. The van der Waals surface area contributed by atoms with Crippen LogP contribution in [0.2, 0.25) is 0 Å². The zero-order chi connectivity index (χ0) is 12.2. The van der Waals surface area contributed by atoms with Crippen molar-refractivity contribution in [2.24, 2.45) is 0 Å². The summed E-state index contributed by atoms with van der Waals surface area (Å²) in [4.78, 5) is 11.9. The van der Waals surface area contributed by atoms with Gasteiger partial charge in [-0.15, -0.1) is 0 Å². The van der Waals surface area contributed by atoms with Crippen LogP contribution in [0, 0.1) is 13.8 Å². The van der Waals surface area contributed by atoms with Crippen LogP contribution in [0.4, 0.5) is 0 Å². The lowest BCUT2D eigenvalue weighted by molar-refractivity contribution is 0.0721. The molecule has 17 heavy (non-hydrogen) atoms. The summed E-state index contributed by atoms with van der Waals surface area (Å²) in [6.07, 6.45) is 0. The smallest absolute Gasteiger partial charge is 0.345 e. The van der Waals surface area contributed by atoms with E-state index >= 15 is 0 Å². The summed E-state index contributed by atoms with van der Waals surface area (Å²) in [5, 5.41) is 2.26. The van der Waals surface area contributed by atoms with Crippen LogP contribution in [-0.2, 0) is 4.74 Å². The minimum absolute atomic E-state index is 0.288. The van der Waals surface area contributed by atoms with Crippen molar-refractivity contribution in [2.45, 2.75) is 13.8 Å². The maximum atomic E-state index is 11.9. The van der Waals surface area contributed by atoms with E-state index in [9.17, 15) is 4.79 Å². The van der Waals surface area contributed by atoms with Gasteiger partial charge in [-0.2, -0.15) is 0 Å². The van der Waals surface area contributed by atoms with Crippen LogP contribution < -0.4 is 0 Å². The average Bonchev–Trinajstić information content (AvgIpc) is 2.27. The van der Waals surface area contributed by atoms with Crippen LogP contribution in [0.1, 0.15) is 27.0 Å². The highest BCUT2D eigenvalue weighted by atomic mass is 32.1. The van der Waals surface area contributed by atoms with Crippen LogP contribution in [-0.4, -0.2) is 11.0 Å². The highest BCUT2D eigenvalue weighted by molar-refractivity contribution is 7.80. The van der Waals surface area contributed by atoms with Crippen LogP contribution >= 0.6 is 12.2 Å². The Balaban J connectivity index is 2.61. The van der Waals surface area contributed by atoms with Crippen molar-refractivity contribution in [3.8, 4) is 0 Å². The molecule has 0 amide bonds. The normalized spacial score (nSPS) is 14.0. The summed E-state index contributed by atoms with van der Waals surface area (Å²) in [5.41, 5.74) is 3.50. The molecule has 2 aromatic rings. The first-order chi connectivity index (χ1) is 8.09. The van der Waals surface area contributed by atoms with Gasteiger partial charge in [0.1, 0.15) is 0 Å². The van der Waals surface area contributed by atoms with Crippen LogP contribution in [0.25, 0.3) is 10.8 Å². The molecule has 0 aromatic heterocycles. The lowest BCUT2D eigenvalue weighted by Gasteiger charge is -2.20. The van der Waals surface area contributed by atoms with Gasteiger partial charge < -0.3 is 4.74 Å². The van der Waals surface area contributed by atoms with E-state index in [-0.39, 0.29) is 11.0 Å². The first kappa shape index (κ1) is 10.4. The van der Waals surface area contributed by atoms with Gasteiger partial charge in [0.25, 0.3) is 0 Å². The Labute approximate surface area is 104 Å². The van der Waals surface area contributed by atoms with Gasteiger partial charge in [0.05, 0.1) is 5.56 Å². The maximum absolute atomic E-state index is 11.9. The van der Waals surface area contributed by atoms with Gasteiger partial charge in [0, 0.05) is 10.9 Å². The van der Waals surface area contributed by atoms with E-state index < -0.39 is 0 Å². The molecule has 1 aliphatic heterocycles. The van der Waals surface area contributed by atoms with E-state index in [0.29, 0.717) is 5.56 Å². The molecule has 2 nitrogen and oxygen atoms in total. The summed E-state index contributed by atoms with van der Waals surface area (Å²) in [5.74, 6) is -0.337. The highest BCUT2D eigenvalue weighted by Crippen LogP contribution is 2.33. The number of esters is 1. The number of thiocarbonyl (C=S) groups is 1. The molecule has 0 unspecified atom stereocenters. The van der Waals surface area contributed by atoms with E-state index in [1.54, 1.807) is 0 Å². The SMILES string of the molecule is Cc1ccc2ccc(C)c3c2c1C(=O)OC3=S. The van der Waals surface area contributed by atoms with E-state index in [1.807, 2.05) is 38.1 Å². The summed E-state index contributed by atoms with van der Waals surface area (Å²) in [6.45, 7) is 3.89. The van der Waals surface area contributed by atoms with Gasteiger partial charge in [-0.25, -0.2) is 4.79 Å². The molecular formula is C14H10O2S. The van der Waals surface area contributed by atoms with Gasteiger partial charge in [-0.1, -0.05) is 24.3 Å². The molecule has 0 atom stereocenters. The van der Waals surface area contributed by atoms with Gasteiger partial charge in [-0.3, -0.25) is 0 Å². The molecule has 2 aromatic carbocycles. The number of aryl methyl sites for hydroxylation is 2. The Morgan fingerprint density at radius 3 is 2.24 bits per heavy atom. The van der Waals surface area contributed by atoms with Crippen molar-refractivity contribution in [1.29, 1.82) is 0 Å². The molecule has 1 aliphatic rings. The number of hydrogen-bond acceptors (Lipinski definition) is 3. The number of cyclic esters (lactones) is 1.